The number of benzene rings is 1. The number of rotatable bonds is 6. The van der Waals surface area contributed by atoms with Gasteiger partial charge in [-0.05, 0) is 18.9 Å². The van der Waals surface area contributed by atoms with Gasteiger partial charge in [0.15, 0.2) is 0 Å². The van der Waals surface area contributed by atoms with Crippen LogP contribution in [0.25, 0.3) is 0 Å². The van der Waals surface area contributed by atoms with Crippen LogP contribution >= 0.6 is 0 Å². The Kier molecular flexibility index (Phi) is 4.98. The molecule has 102 valence electrons. The Morgan fingerprint density at radius 3 is 2.67 bits per heavy atom. The first-order chi connectivity index (χ1) is 8.35. The minimum absolute atomic E-state index is 0.0634. The molecule has 0 aliphatic heterocycles. The summed E-state index contributed by atoms with van der Waals surface area (Å²) in [6.45, 7) is 0. The largest absolute Gasteiger partial charge is 0.495 e. The minimum atomic E-state index is -2.99. The molecule has 0 aromatic heterocycles. The molecule has 0 aliphatic carbocycles. The fraction of sp³-hybridized carbons (Fsp3) is 0.500. The molecule has 1 rings (SSSR count). The van der Waals surface area contributed by atoms with E-state index in [-0.39, 0.29) is 5.75 Å². The normalized spacial score (nSPS) is 13.3. The van der Waals surface area contributed by atoms with E-state index in [1.54, 1.807) is 18.2 Å². The van der Waals surface area contributed by atoms with Crippen LogP contribution in [0.1, 0.15) is 24.5 Å². The van der Waals surface area contributed by atoms with Crippen molar-refractivity contribution in [1.29, 1.82) is 0 Å². The average molecular weight is 273 g/mol. The SMILES string of the molecule is COc1cccc(C(O)CCCS(C)(=O)=O)c1N. The quantitative estimate of drug-likeness (QED) is 0.758. The molecule has 0 fully saturated rings. The van der Waals surface area contributed by atoms with E-state index in [0.29, 0.717) is 29.8 Å². The highest BCUT2D eigenvalue weighted by Gasteiger charge is 2.14. The minimum Gasteiger partial charge on any atom is -0.495 e. The van der Waals surface area contributed by atoms with Crippen molar-refractivity contribution < 1.29 is 18.3 Å². The van der Waals surface area contributed by atoms with Crippen LogP contribution in [0, 0.1) is 0 Å². The molecule has 3 N–H and O–H groups in total. The number of anilines is 1. The monoisotopic (exact) mass is 273 g/mol. The highest BCUT2D eigenvalue weighted by Crippen LogP contribution is 2.31. The van der Waals surface area contributed by atoms with Crippen LogP contribution in [0.2, 0.25) is 0 Å². The molecule has 0 bridgehead atoms. The van der Waals surface area contributed by atoms with Crippen LogP contribution in [0.3, 0.4) is 0 Å². The van der Waals surface area contributed by atoms with Gasteiger partial charge in [0, 0.05) is 17.6 Å². The van der Waals surface area contributed by atoms with Crippen LogP contribution in [0.4, 0.5) is 5.69 Å². The van der Waals surface area contributed by atoms with E-state index < -0.39 is 15.9 Å². The molecule has 0 heterocycles. The number of nitrogen functional groups attached to an aromatic ring is 1. The fourth-order valence-corrected chi connectivity index (χ4v) is 2.41. The van der Waals surface area contributed by atoms with E-state index in [1.807, 2.05) is 0 Å². The average Bonchev–Trinajstić information content (AvgIpc) is 2.27. The summed E-state index contributed by atoms with van der Waals surface area (Å²) < 4.78 is 27.0. The second-order valence-electron chi connectivity index (χ2n) is 4.25. The fourth-order valence-electron chi connectivity index (χ4n) is 1.72. The first-order valence-electron chi connectivity index (χ1n) is 5.63. The summed E-state index contributed by atoms with van der Waals surface area (Å²) in [6.07, 6.45) is 1.15. The van der Waals surface area contributed by atoms with Crippen molar-refractivity contribution in [3.8, 4) is 5.75 Å². The first-order valence-corrected chi connectivity index (χ1v) is 7.69. The summed E-state index contributed by atoms with van der Waals surface area (Å²) in [7, 11) is -1.49. The third kappa shape index (κ3) is 4.19. The van der Waals surface area contributed by atoms with Gasteiger partial charge >= 0.3 is 0 Å². The van der Waals surface area contributed by atoms with Crippen LogP contribution in [0.15, 0.2) is 18.2 Å². The maximum absolute atomic E-state index is 11.0. The summed E-state index contributed by atoms with van der Waals surface area (Å²) in [6, 6.07) is 5.16. The summed E-state index contributed by atoms with van der Waals surface area (Å²) >= 11 is 0. The van der Waals surface area contributed by atoms with Crippen LogP contribution in [-0.4, -0.2) is 32.6 Å². The molecule has 1 aromatic carbocycles. The second kappa shape index (κ2) is 6.06. The molecule has 6 heteroatoms. The van der Waals surface area contributed by atoms with Crippen molar-refractivity contribution in [2.24, 2.45) is 0 Å². The van der Waals surface area contributed by atoms with E-state index in [4.69, 9.17) is 10.5 Å². The highest BCUT2D eigenvalue weighted by atomic mass is 32.2. The van der Waals surface area contributed by atoms with Gasteiger partial charge in [0.25, 0.3) is 0 Å². The molecule has 0 spiro atoms. The number of aliphatic hydroxyl groups excluding tert-OH is 1. The van der Waals surface area contributed by atoms with E-state index in [9.17, 15) is 13.5 Å². The maximum atomic E-state index is 11.0. The molecule has 1 aromatic rings. The number of nitrogens with two attached hydrogens (primary N) is 1. The number of ether oxygens (including phenoxy) is 1. The third-order valence-electron chi connectivity index (χ3n) is 2.67. The summed E-state index contributed by atoms with van der Waals surface area (Å²) in [5, 5.41) is 9.99. The summed E-state index contributed by atoms with van der Waals surface area (Å²) in [4.78, 5) is 0. The summed E-state index contributed by atoms with van der Waals surface area (Å²) in [5.41, 5.74) is 6.82. The van der Waals surface area contributed by atoms with E-state index in [1.165, 1.54) is 13.4 Å². The van der Waals surface area contributed by atoms with Gasteiger partial charge in [-0.15, -0.1) is 0 Å². The van der Waals surface area contributed by atoms with E-state index in [2.05, 4.69) is 0 Å². The zero-order valence-electron chi connectivity index (χ0n) is 10.6. The smallest absolute Gasteiger partial charge is 0.147 e. The zero-order chi connectivity index (χ0) is 13.8. The molecule has 0 saturated carbocycles. The number of methoxy groups -OCH3 is 1. The predicted molar refractivity (Wildman–Crippen MR) is 71.3 cm³/mol. The van der Waals surface area contributed by atoms with Crippen LogP contribution in [-0.2, 0) is 9.84 Å². The Bertz CT molecular complexity index is 499. The predicted octanol–water partition coefficient (Wildman–Crippen LogP) is 1.14. The zero-order valence-corrected chi connectivity index (χ0v) is 11.4. The Hall–Kier alpha value is -1.27. The molecular weight excluding hydrogens is 254 g/mol. The molecule has 5 nitrogen and oxygen atoms in total. The van der Waals surface area contributed by atoms with Gasteiger partial charge in [-0.25, -0.2) is 8.42 Å². The number of aliphatic hydroxyl groups is 1. The lowest BCUT2D eigenvalue weighted by atomic mass is 10.0. The highest BCUT2D eigenvalue weighted by molar-refractivity contribution is 7.90. The molecule has 0 aliphatic rings. The van der Waals surface area contributed by atoms with Gasteiger partial charge in [0.05, 0.1) is 18.9 Å². The van der Waals surface area contributed by atoms with Gasteiger partial charge in [-0.1, -0.05) is 12.1 Å². The number of para-hydroxylation sites is 1. The number of hydrogen-bond donors (Lipinski definition) is 2. The van der Waals surface area contributed by atoms with Crippen molar-refractivity contribution in [3.63, 3.8) is 0 Å². The Labute approximate surface area is 107 Å². The van der Waals surface area contributed by atoms with Gasteiger partial charge < -0.3 is 15.6 Å². The van der Waals surface area contributed by atoms with Crippen molar-refractivity contribution in [1.82, 2.24) is 0 Å². The van der Waals surface area contributed by atoms with E-state index in [0.717, 1.165) is 0 Å². The molecule has 0 amide bonds. The lowest BCUT2D eigenvalue weighted by Gasteiger charge is -2.15. The molecule has 1 unspecified atom stereocenters. The van der Waals surface area contributed by atoms with Crippen molar-refractivity contribution >= 4 is 15.5 Å². The van der Waals surface area contributed by atoms with Gasteiger partial charge in [0.2, 0.25) is 0 Å². The topological polar surface area (TPSA) is 89.6 Å². The lowest BCUT2D eigenvalue weighted by molar-refractivity contribution is 0.167. The lowest BCUT2D eigenvalue weighted by Crippen LogP contribution is -2.07. The van der Waals surface area contributed by atoms with E-state index >= 15 is 0 Å². The molecule has 18 heavy (non-hydrogen) atoms. The molecule has 1 atom stereocenters. The van der Waals surface area contributed by atoms with Gasteiger partial charge in [0.1, 0.15) is 15.6 Å². The van der Waals surface area contributed by atoms with Crippen molar-refractivity contribution in [2.45, 2.75) is 18.9 Å². The molecular formula is C12H19NO4S. The maximum Gasteiger partial charge on any atom is 0.147 e. The molecule has 0 radical (unpaired) electrons. The van der Waals surface area contributed by atoms with Gasteiger partial charge in [-0.3, -0.25) is 0 Å². The Balaban J connectivity index is 2.70. The standard InChI is InChI=1S/C12H19NO4S/c1-17-11-7-3-5-9(12(11)13)10(14)6-4-8-18(2,15)16/h3,5,7,10,14H,4,6,8,13H2,1-2H3. The third-order valence-corrected chi connectivity index (χ3v) is 3.70. The first kappa shape index (κ1) is 14.8. The molecule has 0 saturated heterocycles. The van der Waals surface area contributed by atoms with Crippen molar-refractivity contribution in [2.75, 3.05) is 24.9 Å². The van der Waals surface area contributed by atoms with Crippen LogP contribution in [0.5, 0.6) is 5.75 Å². The summed E-state index contributed by atoms with van der Waals surface area (Å²) in [5.74, 6) is 0.572. The second-order valence-corrected chi connectivity index (χ2v) is 6.51. The Morgan fingerprint density at radius 1 is 1.44 bits per heavy atom. The van der Waals surface area contributed by atoms with Crippen LogP contribution < -0.4 is 10.5 Å². The number of sulfone groups is 1. The van der Waals surface area contributed by atoms with Gasteiger partial charge in [-0.2, -0.15) is 0 Å². The Morgan fingerprint density at radius 2 is 2.11 bits per heavy atom. The van der Waals surface area contributed by atoms with Crippen molar-refractivity contribution in [3.05, 3.63) is 23.8 Å². The number of hydrogen-bond acceptors (Lipinski definition) is 5.